The summed E-state index contributed by atoms with van der Waals surface area (Å²) in [6.07, 6.45) is 5.27. The third-order valence-electron chi connectivity index (χ3n) is 2.42. The van der Waals surface area contributed by atoms with Crippen LogP contribution in [-0.2, 0) is 6.42 Å². The van der Waals surface area contributed by atoms with Crippen molar-refractivity contribution in [2.75, 3.05) is 11.5 Å². The van der Waals surface area contributed by atoms with Gasteiger partial charge in [-0.2, -0.15) is 22.0 Å². The molecule has 0 N–H and O–H groups in total. The molecule has 4 heteroatoms. The Morgan fingerprint density at radius 1 is 1.57 bits per heavy atom. The maximum atomic E-state index is 5.85. The molecule has 1 aliphatic rings. The molecule has 1 aliphatic heterocycles. The van der Waals surface area contributed by atoms with Crippen molar-refractivity contribution in [1.29, 1.82) is 0 Å². The van der Waals surface area contributed by atoms with Crippen LogP contribution in [0.2, 0.25) is 5.02 Å². The molecule has 0 amide bonds. The quantitative estimate of drug-likeness (QED) is 0.779. The molecule has 1 unspecified atom stereocenters. The highest BCUT2D eigenvalue weighted by atomic mass is 35.5. The summed E-state index contributed by atoms with van der Waals surface area (Å²) in [5.74, 6) is 3.34. The van der Waals surface area contributed by atoms with E-state index in [1.54, 1.807) is 6.20 Å². The Balaban J connectivity index is 1.95. The van der Waals surface area contributed by atoms with E-state index >= 15 is 0 Å². The summed E-state index contributed by atoms with van der Waals surface area (Å²) in [7, 11) is 0. The van der Waals surface area contributed by atoms with E-state index in [1.165, 1.54) is 24.3 Å². The van der Waals surface area contributed by atoms with E-state index in [4.69, 9.17) is 11.6 Å². The first-order chi connectivity index (χ1) is 6.84. The van der Waals surface area contributed by atoms with Gasteiger partial charge in [0.25, 0.3) is 0 Å². The van der Waals surface area contributed by atoms with Gasteiger partial charge in [-0.15, -0.1) is 0 Å². The molecule has 0 saturated carbocycles. The van der Waals surface area contributed by atoms with Crippen LogP contribution in [-0.4, -0.2) is 21.7 Å². The van der Waals surface area contributed by atoms with Gasteiger partial charge in [-0.25, -0.2) is 0 Å². The molecule has 0 radical (unpaired) electrons. The number of rotatable bonds is 2. The van der Waals surface area contributed by atoms with E-state index in [0.29, 0.717) is 5.02 Å². The molecule has 0 aliphatic carbocycles. The van der Waals surface area contributed by atoms with Crippen LogP contribution in [0.3, 0.4) is 0 Å². The lowest BCUT2D eigenvalue weighted by Crippen LogP contribution is -2.14. The molecule has 14 heavy (non-hydrogen) atoms. The molecule has 1 saturated heterocycles. The van der Waals surface area contributed by atoms with Gasteiger partial charge in [0.2, 0.25) is 0 Å². The fraction of sp³-hybridized carbons (Fsp3) is 0.600. The van der Waals surface area contributed by atoms with Crippen LogP contribution in [0.25, 0.3) is 0 Å². The predicted octanol–water partition coefficient (Wildman–Crippen LogP) is 2.82. The number of nitrogens with zero attached hydrogens (tertiary/aromatic N) is 2. The molecule has 2 heterocycles. The molecule has 1 fully saturated rings. The third-order valence-corrected chi connectivity index (χ3v) is 3.92. The van der Waals surface area contributed by atoms with Crippen molar-refractivity contribution >= 4 is 23.4 Å². The van der Waals surface area contributed by atoms with Crippen LogP contribution >= 0.6 is 23.4 Å². The number of hydrogen-bond donors (Lipinski definition) is 0. The molecule has 0 bridgehead atoms. The van der Waals surface area contributed by atoms with Gasteiger partial charge in [0.1, 0.15) is 0 Å². The molecular weight excluding hydrogens is 216 g/mol. The number of aromatic nitrogens is 2. The van der Waals surface area contributed by atoms with Crippen LogP contribution in [0.1, 0.15) is 18.5 Å². The molecule has 0 aromatic carbocycles. The number of thioether (sulfide) groups is 1. The maximum Gasteiger partial charge on any atom is 0.0682 e. The standard InChI is InChI=1S/C10H13ClN2S/c11-9-5-10(13-12-6-9)4-8-2-1-3-14-7-8/h5-6,8H,1-4,7H2. The van der Waals surface area contributed by atoms with E-state index < -0.39 is 0 Å². The van der Waals surface area contributed by atoms with Gasteiger partial charge < -0.3 is 0 Å². The molecule has 2 nitrogen and oxygen atoms in total. The second-order valence-corrected chi connectivity index (χ2v) is 5.24. The zero-order valence-corrected chi connectivity index (χ0v) is 9.52. The Hall–Kier alpha value is -0.280. The minimum atomic E-state index is 0.693. The van der Waals surface area contributed by atoms with Gasteiger partial charge in [0.05, 0.1) is 16.9 Å². The van der Waals surface area contributed by atoms with E-state index in [0.717, 1.165) is 18.0 Å². The van der Waals surface area contributed by atoms with Crippen LogP contribution in [0.15, 0.2) is 12.3 Å². The summed E-state index contributed by atoms with van der Waals surface area (Å²) < 4.78 is 0. The zero-order chi connectivity index (χ0) is 9.80. The second-order valence-electron chi connectivity index (χ2n) is 3.65. The zero-order valence-electron chi connectivity index (χ0n) is 7.95. The second kappa shape index (κ2) is 4.99. The maximum absolute atomic E-state index is 5.85. The van der Waals surface area contributed by atoms with Crippen molar-refractivity contribution in [2.45, 2.75) is 19.3 Å². The summed E-state index contributed by atoms with van der Waals surface area (Å²) in [6, 6.07) is 1.92. The van der Waals surface area contributed by atoms with Crippen LogP contribution in [0, 0.1) is 5.92 Å². The molecule has 76 valence electrons. The Bertz CT molecular complexity index is 300. The van der Waals surface area contributed by atoms with Gasteiger partial charge in [-0.05, 0) is 42.8 Å². The van der Waals surface area contributed by atoms with Crippen molar-refractivity contribution in [3.63, 3.8) is 0 Å². The molecule has 2 rings (SSSR count). The van der Waals surface area contributed by atoms with Crippen molar-refractivity contribution < 1.29 is 0 Å². The third kappa shape index (κ3) is 2.85. The normalized spacial score (nSPS) is 22.2. The minimum Gasteiger partial charge on any atom is -0.162 e. The molecule has 1 aromatic heterocycles. The van der Waals surface area contributed by atoms with Crippen molar-refractivity contribution in [3.05, 3.63) is 23.0 Å². The fourth-order valence-corrected chi connectivity index (χ4v) is 3.07. The van der Waals surface area contributed by atoms with Gasteiger partial charge in [0, 0.05) is 0 Å². The Morgan fingerprint density at radius 3 is 3.21 bits per heavy atom. The van der Waals surface area contributed by atoms with Gasteiger partial charge >= 0.3 is 0 Å². The smallest absolute Gasteiger partial charge is 0.0682 e. The average Bonchev–Trinajstić information content (AvgIpc) is 2.19. The number of halogens is 1. The van der Waals surface area contributed by atoms with Crippen molar-refractivity contribution in [1.82, 2.24) is 10.2 Å². The monoisotopic (exact) mass is 228 g/mol. The first kappa shape index (κ1) is 10.2. The van der Waals surface area contributed by atoms with Gasteiger partial charge in [-0.3, -0.25) is 0 Å². The summed E-state index contributed by atoms with van der Waals surface area (Å²) >= 11 is 7.90. The highest BCUT2D eigenvalue weighted by Crippen LogP contribution is 2.25. The Labute approximate surface area is 93.4 Å². The lowest BCUT2D eigenvalue weighted by Gasteiger charge is -2.20. The largest absolute Gasteiger partial charge is 0.162 e. The van der Waals surface area contributed by atoms with Crippen molar-refractivity contribution in [3.8, 4) is 0 Å². The summed E-state index contributed by atoms with van der Waals surface area (Å²) in [4.78, 5) is 0. The van der Waals surface area contributed by atoms with Crippen LogP contribution < -0.4 is 0 Å². The molecule has 1 atom stereocenters. The SMILES string of the molecule is Clc1cnnc(CC2CCCSC2)c1. The van der Waals surface area contributed by atoms with Crippen LogP contribution in [0.4, 0.5) is 0 Å². The van der Waals surface area contributed by atoms with Gasteiger partial charge in [-0.1, -0.05) is 11.6 Å². The van der Waals surface area contributed by atoms with E-state index in [2.05, 4.69) is 10.2 Å². The predicted molar refractivity (Wildman–Crippen MR) is 60.8 cm³/mol. The van der Waals surface area contributed by atoms with E-state index in [-0.39, 0.29) is 0 Å². The topological polar surface area (TPSA) is 25.8 Å². The highest BCUT2D eigenvalue weighted by Gasteiger charge is 2.15. The lowest BCUT2D eigenvalue weighted by atomic mass is 9.99. The molecular formula is C10H13ClN2S. The summed E-state index contributed by atoms with van der Waals surface area (Å²) in [6.45, 7) is 0. The van der Waals surface area contributed by atoms with Crippen LogP contribution in [0.5, 0.6) is 0 Å². The Kier molecular flexibility index (Phi) is 3.65. The summed E-state index contributed by atoms with van der Waals surface area (Å²) in [5.41, 5.74) is 1.03. The minimum absolute atomic E-state index is 0.693. The number of hydrogen-bond acceptors (Lipinski definition) is 3. The summed E-state index contributed by atoms with van der Waals surface area (Å²) in [5, 5.41) is 8.64. The average molecular weight is 229 g/mol. The first-order valence-electron chi connectivity index (χ1n) is 4.89. The first-order valence-corrected chi connectivity index (χ1v) is 6.43. The van der Waals surface area contributed by atoms with Crippen molar-refractivity contribution in [2.24, 2.45) is 5.92 Å². The molecule has 0 spiro atoms. The fourth-order valence-electron chi connectivity index (χ4n) is 1.75. The Morgan fingerprint density at radius 2 is 2.50 bits per heavy atom. The highest BCUT2D eigenvalue weighted by molar-refractivity contribution is 7.99. The van der Waals surface area contributed by atoms with E-state index in [1.807, 2.05) is 17.8 Å². The van der Waals surface area contributed by atoms with Gasteiger partial charge in [0.15, 0.2) is 0 Å². The lowest BCUT2D eigenvalue weighted by molar-refractivity contribution is 0.513. The molecule has 1 aromatic rings. The van der Waals surface area contributed by atoms with E-state index in [9.17, 15) is 0 Å².